The molecule has 0 amide bonds. The molecule has 1 N–H and O–H groups in total. The van der Waals surface area contributed by atoms with E-state index >= 15 is 0 Å². The van der Waals surface area contributed by atoms with Crippen molar-refractivity contribution in [2.75, 3.05) is 7.11 Å². The van der Waals surface area contributed by atoms with Crippen molar-refractivity contribution in [1.29, 1.82) is 0 Å². The van der Waals surface area contributed by atoms with E-state index in [1.165, 1.54) is 0 Å². The van der Waals surface area contributed by atoms with E-state index in [1.807, 2.05) is 30.3 Å². The van der Waals surface area contributed by atoms with Crippen molar-refractivity contribution < 1.29 is 14.6 Å². The molecule has 1 rings (SSSR count). The highest BCUT2D eigenvalue weighted by molar-refractivity contribution is 6.92. The third kappa shape index (κ3) is 10.9. The van der Waals surface area contributed by atoms with Crippen molar-refractivity contribution in [2.24, 2.45) is 0 Å². The molecule has 13 heavy (non-hydrogen) atoms. The van der Waals surface area contributed by atoms with E-state index in [-0.39, 0.29) is 9.90 Å². The number of carboxylic acids is 1. The van der Waals surface area contributed by atoms with Gasteiger partial charge in [0.2, 0.25) is 0 Å². The lowest BCUT2D eigenvalue weighted by molar-refractivity contribution is -0.134. The van der Waals surface area contributed by atoms with Gasteiger partial charge >= 0.3 is 0 Å². The summed E-state index contributed by atoms with van der Waals surface area (Å²) in [5.74, 6) is 0.0764. The molecule has 1 aromatic rings. The van der Waals surface area contributed by atoms with Crippen LogP contribution >= 0.6 is 9.90 Å². The molecule has 0 saturated heterocycles. The number of hydrogen-bond donors (Lipinski definition) is 1. The fraction of sp³-hybridized carbons (Fsp3) is 0.222. The first-order valence-corrected chi connectivity index (χ1v) is 3.45. The molecule has 1 aromatic carbocycles. The third-order valence-electron chi connectivity index (χ3n) is 0.979. The molecule has 1 unspecified atom stereocenters. The minimum atomic E-state index is -0.833. The van der Waals surface area contributed by atoms with Crippen LogP contribution in [0, 0.1) is 0 Å². The highest BCUT2D eigenvalue weighted by Gasteiger charge is 1.80. The SMILES string of the molecule is CC(=O)O.COc1ccccc1.P. The summed E-state index contributed by atoms with van der Waals surface area (Å²) in [6, 6.07) is 9.68. The van der Waals surface area contributed by atoms with Gasteiger partial charge in [-0.05, 0) is 12.1 Å². The summed E-state index contributed by atoms with van der Waals surface area (Å²) in [4.78, 5) is 9.00. The Kier molecular flexibility index (Phi) is 10.0. The van der Waals surface area contributed by atoms with Gasteiger partial charge < -0.3 is 9.84 Å². The van der Waals surface area contributed by atoms with Gasteiger partial charge in [-0.1, -0.05) is 18.2 Å². The van der Waals surface area contributed by atoms with E-state index in [1.54, 1.807) is 7.11 Å². The van der Waals surface area contributed by atoms with Crippen LogP contribution in [0.3, 0.4) is 0 Å². The first kappa shape index (κ1) is 14.4. The Hall–Kier alpha value is -1.08. The molecule has 3 nitrogen and oxygen atoms in total. The number of carbonyl (C=O) groups is 1. The molecular weight excluding hydrogens is 187 g/mol. The number of rotatable bonds is 1. The summed E-state index contributed by atoms with van der Waals surface area (Å²) in [6.45, 7) is 1.08. The van der Waals surface area contributed by atoms with Gasteiger partial charge in [-0.2, -0.15) is 9.90 Å². The monoisotopic (exact) mass is 202 g/mol. The van der Waals surface area contributed by atoms with Crippen molar-refractivity contribution in [2.45, 2.75) is 6.92 Å². The quantitative estimate of drug-likeness (QED) is 0.707. The molecule has 0 fully saturated rings. The van der Waals surface area contributed by atoms with E-state index in [0.29, 0.717) is 0 Å². The molecular formula is C9H15O3P. The summed E-state index contributed by atoms with van der Waals surface area (Å²) in [7, 11) is 1.66. The largest absolute Gasteiger partial charge is 0.497 e. The van der Waals surface area contributed by atoms with Crippen molar-refractivity contribution in [3.05, 3.63) is 30.3 Å². The average Bonchev–Trinajstić information content (AvgIpc) is 2.05. The maximum atomic E-state index is 9.00. The highest BCUT2D eigenvalue weighted by atomic mass is 31.0. The Balaban J connectivity index is 0. The third-order valence-corrected chi connectivity index (χ3v) is 0.979. The van der Waals surface area contributed by atoms with Crippen molar-refractivity contribution in [1.82, 2.24) is 0 Å². The number of para-hydroxylation sites is 1. The Morgan fingerprint density at radius 3 is 1.92 bits per heavy atom. The van der Waals surface area contributed by atoms with Crippen LogP contribution in [0.25, 0.3) is 0 Å². The average molecular weight is 202 g/mol. The minimum absolute atomic E-state index is 0. The van der Waals surface area contributed by atoms with Crippen molar-refractivity contribution >= 4 is 15.9 Å². The van der Waals surface area contributed by atoms with Gasteiger partial charge in [0.25, 0.3) is 5.97 Å². The molecule has 0 bridgehead atoms. The van der Waals surface area contributed by atoms with Crippen LogP contribution < -0.4 is 4.74 Å². The van der Waals surface area contributed by atoms with Gasteiger partial charge in [-0.3, -0.25) is 4.79 Å². The second-order valence-corrected chi connectivity index (χ2v) is 2.04. The number of ether oxygens (including phenoxy) is 1. The predicted molar refractivity (Wildman–Crippen MR) is 57.4 cm³/mol. The van der Waals surface area contributed by atoms with E-state index in [4.69, 9.17) is 14.6 Å². The van der Waals surface area contributed by atoms with Gasteiger partial charge in [-0.15, -0.1) is 0 Å². The van der Waals surface area contributed by atoms with E-state index < -0.39 is 5.97 Å². The summed E-state index contributed by atoms with van der Waals surface area (Å²) >= 11 is 0. The van der Waals surface area contributed by atoms with Crippen LogP contribution in [0.1, 0.15) is 6.92 Å². The molecule has 0 aliphatic carbocycles. The van der Waals surface area contributed by atoms with E-state index in [9.17, 15) is 0 Å². The summed E-state index contributed by atoms with van der Waals surface area (Å²) < 4.78 is 4.91. The molecule has 1 atom stereocenters. The maximum Gasteiger partial charge on any atom is 0.300 e. The Labute approximate surface area is 81.4 Å². The van der Waals surface area contributed by atoms with Crippen LogP contribution in [0.5, 0.6) is 5.75 Å². The molecule has 74 valence electrons. The number of benzene rings is 1. The van der Waals surface area contributed by atoms with Gasteiger partial charge in [0.05, 0.1) is 7.11 Å². The fourth-order valence-electron chi connectivity index (χ4n) is 0.557. The van der Waals surface area contributed by atoms with Gasteiger partial charge in [0.1, 0.15) is 5.75 Å². The Morgan fingerprint density at radius 1 is 1.31 bits per heavy atom. The number of carboxylic acid groups (broad SMARTS) is 1. The normalized spacial score (nSPS) is 7.23. The maximum absolute atomic E-state index is 9.00. The lowest BCUT2D eigenvalue weighted by atomic mass is 10.3. The van der Waals surface area contributed by atoms with Crippen LogP contribution in [0.4, 0.5) is 0 Å². The van der Waals surface area contributed by atoms with Crippen molar-refractivity contribution in [3.63, 3.8) is 0 Å². The molecule has 0 aliphatic rings. The van der Waals surface area contributed by atoms with Gasteiger partial charge in [0.15, 0.2) is 0 Å². The van der Waals surface area contributed by atoms with Crippen LogP contribution in [0.2, 0.25) is 0 Å². The van der Waals surface area contributed by atoms with Crippen LogP contribution in [0.15, 0.2) is 30.3 Å². The summed E-state index contributed by atoms with van der Waals surface area (Å²) in [6.07, 6.45) is 0. The standard InChI is InChI=1S/C7H8O.C2H4O2.H3P/c1-8-7-5-3-2-4-6-7;1-2(3)4;/h2-6H,1H3;1H3,(H,3,4);1H3. The zero-order valence-corrected chi connectivity index (χ0v) is 9.27. The highest BCUT2D eigenvalue weighted by Crippen LogP contribution is 2.05. The lowest BCUT2D eigenvalue weighted by Gasteiger charge is -1.93. The van der Waals surface area contributed by atoms with Crippen molar-refractivity contribution in [3.8, 4) is 5.75 Å². The second-order valence-electron chi connectivity index (χ2n) is 2.04. The fourth-order valence-corrected chi connectivity index (χ4v) is 0.557. The lowest BCUT2D eigenvalue weighted by Crippen LogP contribution is -1.78. The number of hydrogen-bond acceptors (Lipinski definition) is 2. The Bertz CT molecular complexity index is 220. The van der Waals surface area contributed by atoms with Crippen LogP contribution in [-0.2, 0) is 4.79 Å². The van der Waals surface area contributed by atoms with Crippen LogP contribution in [-0.4, -0.2) is 18.2 Å². The molecule has 0 radical (unpaired) electrons. The molecule has 0 aromatic heterocycles. The molecule has 0 aliphatic heterocycles. The smallest absolute Gasteiger partial charge is 0.300 e. The summed E-state index contributed by atoms with van der Waals surface area (Å²) in [5, 5.41) is 7.42. The molecule has 0 saturated carbocycles. The molecule has 0 spiro atoms. The first-order valence-electron chi connectivity index (χ1n) is 3.45. The number of aliphatic carboxylic acids is 1. The van der Waals surface area contributed by atoms with Gasteiger partial charge in [-0.25, -0.2) is 0 Å². The Morgan fingerprint density at radius 2 is 1.69 bits per heavy atom. The zero-order chi connectivity index (χ0) is 9.40. The topological polar surface area (TPSA) is 46.5 Å². The zero-order valence-electron chi connectivity index (χ0n) is 7.86. The summed E-state index contributed by atoms with van der Waals surface area (Å²) in [5.41, 5.74) is 0. The van der Waals surface area contributed by atoms with Gasteiger partial charge in [0, 0.05) is 6.92 Å². The number of methoxy groups -OCH3 is 1. The first-order chi connectivity index (χ1) is 5.66. The van der Waals surface area contributed by atoms with E-state index in [0.717, 1.165) is 12.7 Å². The predicted octanol–water partition coefficient (Wildman–Crippen LogP) is 1.84. The molecule has 4 heteroatoms. The van der Waals surface area contributed by atoms with E-state index in [2.05, 4.69) is 0 Å². The second kappa shape index (κ2) is 9.01. The minimum Gasteiger partial charge on any atom is -0.497 e. The molecule has 0 heterocycles.